The first-order valence-corrected chi connectivity index (χ1v) is 30.3. The Hall–Kier alpha value is -3.92. The molecule has 376 valence electrons. The molecular formula is C68H80O4. The second-order valence-corrected chi connectivity index (χ2v) is 30.1. The highest BCUT2D eigenvalue weighted by molar-refractivity contribution is 5.60. The molecule has 21 rings (SSSR count). The molecule has 17 aliphatic carbocycles. The van der Waals surface area contributed by atoms with Crippen LogP contribution in [-0.2, 0) is 47.3 Å². The van der Waals surface area contributed by atoms with Crippen LogP contribution in [0.2, 0.25) is 0 Å². The van der Waals surface area contributed by atoms with E-state index in [1.165, 1.54) is 176 Å². The number of phenols is 4. The molecular weight excluding hydrogens is 881 g/mol. The van der Waals surface area contributed by atoms with E-state index in [9.17, 15) is 20.4 Å². The maximum absolute atomic E-state index is 13.0. The van der Waals surface area contributed by atoms with Crippen LogP contribution in [0.15, 0.2) is 48.5 Å². The van der Waals surface area contributed by atoms with Crippen LogP contribution >= 0.6 is 0 Å². The fourth-order valence-electron chi connectivity index (χ4n) is 24.0. The van der Waals surface area contributed by atoms with Crippen molar-refractivity contribution in [2.75, 3.05) is 0 Å². The van der Waals surface area contributed by atoms with Gasteiger partial charge in [0.1, 0.15) is 23.0 Å². The maximum atomic E-state index is 13.0. The summed E-state index contributed by atoms with van der Waals surface area (Å²) in [6, 6.07) is 19.3. The van der Waals surface area contributed by atoms with Crippen LogP contribution in [0.3, 0.4) is 0 Å². The molecule has 16 saturated carbocycles. The molecule has 0 saturated heterocycles. The van der Waals surface area contributed by atoms with E-state index in [-0.39, 0.29) is 21.7 Å². The van der Waals surface area contributed by atoms with Gasteiger partial charge in [-0.15, -0.1) is 0 Å². The predicted molar refractivity (Wildman–Crippen MR) is 283 cm³/mol. The Labute approximate surface area is 429 Å². The lowest BCUT2D eigenvalue weighted by molar-refractivity contribution is -0.00538. The number of rotatable bonds is 4. The summed E-state index contributed by atoms with van der Waals surface area (Å²) in [5.74, 6) is 11.0. The molecule has 72 heavy (non-hydrogen) atoms. The second-order valence-electron chi connectivity index (χ2n) is 30.1. The van der Waals surface area contributed by atoms with Crippen molar-refractivity contribution in [1.29, 1.82) is 0 Å². The summed E-state index contributed by atoms with van der Waals surface area (Å²) in [4.78, 5) is 0. The number of phenolic OH excluding ortho intramolecular Hbond substituents is 4. The molecule has 0 radical (unpaired) electrons. The molecule has 0 aliphatic heterocycles. The van der Waals surface area contributed by atoms with E-state index in [4.69, 9.17) is 0 Å². The molecule has 0 aromatic heterocycles. The van der Waals surface area contributed by atoms with Gasteiger partial charge in [0.25, 0.3) is 0 Å². The molecule has 0 amide bonds. The Morgan fingerprint density at radius 2 is 0.347 bits per heavy atom. The predicted octanol–water partition coefficient (Wildman–Crippen LogP) is 15.1. The van der Waals surface area contributed by atoms with E-state index in [0.29, 0.717) is 48.7 Å². The lowest BCUT2D eigenvalue weighted by Gasteiger charge is -2.57. The number of hydrogen-bond acceptors (Lipinski definition) is 4. The standard InChI is InChI=1S/C68H80O4/c69-61-49-13-51-19-58(66-28-40-4-41(29-66)6-42(5-40)30-66)21-53(62(51)70)15-55-23-60(68-34-46-10-47(35-68)12-48(11-46)36-68)24-56(64(55)72)16-54-22-59(67-31-43-7-44(32-67)9-45(8-43)33-67)20-52(63(54)71)14-50(61)18-57(17-49)65-25-37-1-38(26-65)3-39(2-37)27-65/h17-24,37-48,69-72H,1-16,25-36H2. The Balaban J connectivity index is 0.880. The third-order valence-corrected chi connectivity index (χ3v) is 25.2. The highest BCUT2D eigenvalue weighted by atomic mass is 16.3. The normalized spacial score (nSPS) is 43.0. The van der Waals surface area contributed by atoms with Crippen LogP contribution < -0.4 is 0 Å². The first-order valence-electron chi connectivity index (χ1n) is 30.3. The van der Waals surface area contributed by atoms with Crippen LogP contribution in [-0.4, -0.2) is 20.4 Å². The van der Waals surface area contributed by atoms with Crippen LogP contribution in [0.5, 0.6) is 23.0 Å². The summed E-state index contributed by atoms with van der Waals surface area (Å²) in [5.41, 5.74) is 13.7. The van der Waals surface area contributed by atoms with Crippen LogP contribution in [0, 0.1) is 71.0 Å². The second kappa shape index (κ2) is 14.9. The Morgan fingerprint density at radius 1 is 0.222 bits per heavy atom. The maximum Gasteiger partial charge on any atom is 0.122 e. The minimum absolute atomic E-state index is 0.129. The third-order valence-electron chi connectivity index (χ3n) is 25.2. The van der Waals surface area contributed by atoms with E-state index in [1.54, 1.807) is 0 Å². The number of fused-ring (bicyclic) bond motifs is 8. The molecule has 4 aromatic rings. The molecule has 0 unspecified atom stereocenters. The largest absolute Gasteiger partial charge is 0.507 e. The highest BCUT2D eigenvalue weighted by Gasteiger charge is 2.56. The van der Waals surface area contributed by atoms with E-state index < -0.39 is 0 Å². The molecule has 4 heteroatoms. The fraction of sp³-hybridized carbons (Fsp3) is 0.647. The average Bonchev–Trinajstić information content (AvgIpc) is 3.31. The van der Waals surface area contributed by atoms with E-state index in [1.807, 2.05) is 0 Å². The zero-order valence-electron chi connectivity index (χ0n) is 43.1. The SMILES string of the molecule is Oc1c2cc(C34CC5CC(CC(C5)C3)C4)cc1Cc1cc(C34CC5CC(CC(C5)C3)C4)cc(c1O)Cc1cc(C34CC5CC(CC(C5)C3)C4)cc(c1O)Cc1cc(C34CC5CC(CC(C5)C3)C4)cc(c1O)C2. The number of hydrogen-bond donors (Lipinski definition) is 4. The summed E-state index contributed by atoms with van der Waals surface area (Å²) in [7, 11) is 0. The van der Waals surface area contributed by atoms with Gasteiger partial charge in [-0.2, -0.15) is 0 Å². The lowest BCUT2D eigenvalue weighted by Crippen LogP contribution is -2.48. The minimum Gasteiger partial charge on any atom is -0.507 e. The van der Waals surface area contributed by atoms with Crippen LogP contribution in [0.25, 0.3) is 0 Å². The van der Waals surface area contributed by atoms with Gasteiger partial charge in [0, 0.05) is 25.7 Å². The summed E-state index contributed by atoms with van der Waals surface area (Å²) < 4.78 is 0. The zero-order valence-corrected chi connectivity index (χ0v) is 43.1. The van der Waals surface area contributed by atoms with Gasteiger partial charge in [-0.25, -0.2) is 0 Å². The molecule has 17 aliphatic rings. The van der Waals surface area contributed by atoms with E-state index >= 15 is 0 Å². The van der Waals surface area contributed by atoms with Gasteiger partial charge < -0.3 is 20.4 Å². The topological polar surface area (TPSA) is 80.9 Å². The Kier molecular flexibility index (Phi) is 8.98. The Bertz CT molecular complexity index is 2340. The van der Waals surface area contributed by atoms with Gasteiger partial charge in [0.05, 0.1) is 0 Å². The Morgan fingerprint density at radius 3 is 0.472 bits per heavy atom. The summed E-state index contributed by atoms with van der Waals surface area (Å²) in [6.07, 6.45) is 33.6. The van der Waals surface area contributed by atoms with Crippen molar-refractivity contribution in [2.45, 2.75) is 201 Å². The van der Waals surface area contributed by atoms with Crippen molar-refractivity contribution in [3.63, 3.8) is 0 Å². The fourth-order valence-corrected chi connectivity index (χ4v) is 24.0. The zero-order chi connectivity index (χ0) is 47.6. The van der Waals surface area contributed by atoms with Gasteiger partial charge in [0.15, 0.2) is 0 Å². The van der Waals surface area contributed by atoms with Crippen molar-refractivity contribution in [3.8, 4) is 23.0 Å². The summed E-state index contributed by atoms with van der Waals surface area (Å²) in [5, 5.41) is 52.0. The highest BCUT2D eigenvalue weighted by Crippen LogP contribution is 2.66. The van der Waals surface area contributed by atoms with Gasteiger partial charge in [-0.1, -0.05) is 48.5 Å². The number of benzene rings is 4. The molecule has 4 N–H and O–H groups in total. The molecule has 4 aromatic carbocycles. The number of aromatic hydroxyl groups is 4. The van der Waals surface area contributed by atoms with Gasteiger partial charge in [-0.05, 0) is 314 Å². The molecule has 0 heterocycles. The van der Waals surface area contributed by atoms with Gasteiger partial charge >= 0.3 is 0 Å². The smallest absolute Gasteiger partial charge is 0.122 e. The van der Waals surface area contributed by atoms with Crippen molar-refractivity contribution in [2.24, 2.45) is 71.0 Å². The lowest BCUT2D eigenvalue weighted by atomic mass is 9.47. The van der Waals surface area contributed by atoms with Crippen LogP contribution in [0.1, 0.15) is 221 Å². The first kappa shape index (κ1) is 43.3. The van der Waals surface area contributed by atoms with E-state index in [0.717, 1.165) is 116 Å². The van der Waals surface area contributed by atoms with Crippen molar-refractivity contribution < 1.29 is 20.4 Å². The van der Waals surface area contributed by atoms with Crippen molar-refractivity contribution >= 4 is 0 Å². The first-order chi connectivity index (χ1) is 34.9. The molecule has 24 bridgehead atoms. The molecule has 0 spiro atoms. The molecule has 4 nitrogen and oxygen atoms in total. The van der Waals surface area contributed by atoms with Crippen molar-refractivity contribution in [1.82, 2.24) is 0 Å². The third kappa shape index (κ3) is 6.46. The molecule has 16 fully saturated rings. The van der Waals surface area contributed by atoms with E-state index in [2.05, 4.69) is 48.5 Å². The summed E-state index contributed by atoms with van der Waals surface area (Å²) in [6.45, 7) is 0. The van der Waals surface area contributed by atoms with Gasteiger partial charge in [0.2, 0.25) is 0 Å². The average molecular weight is 961 g/mol. The van der Waals surface area contributed by atoms with Crippen molar-refractivity contribution in [3.05, 3.63) is 115 Å². The quantitative estimate of drug-likeness (QED) is 0.145. The van der Waals surface area contributed by atoms with Crippen LogP contribution in [0.4, 0.5) is 0 Å². The summed E-state index contributed by atoms with van der Waals surface area (Å²) >= 11 is 0. The monoisotopic (exact) mass is 961 g/mol. The van der Waals surface area contributed by atoms with Gasteiger partial charge in [-0.3, -0.25) is 0 Å². The molecule has 0 atom stereocenters. The minimum atomic E-state index is 0.129.